The molecule has 112 valence electrons. The molecule has 1 aromatic rings. The smallest absolute Gasteiger partial charge is 0.283 e. The van der Waals surface area contributed by atoms with Crippen LogP contribution in [0.25, 0.3) is 0 Å². The van der Waals surface area contributed by atoms with Crippen LogP contribution in [0.4, 0.5) is 0 Å². The van der Waals surface area contributed by atoms with E-state index in [0.29, 0.717) is 11.5 Å². The number of carbonyl (C=O) groups excluding carboxylic acids is 2. The van der Waals surface area contributed by atoms with Crippen molar-refractivity contribution < 1.29 is 19.1 Å². The van der Waals surface area contributed by atoms with Gasteiger partial charge in [-0.3, -0.25) is 20.4 Å². The fraction of sp³-hybridized carbons (Fsp3) is 0.467. The molecule has 1 heterocycles. The lowest BCUT2D eigenvalue weighted by Gasteiger charge is -2.25. The van der Waals surface area contributed by atoms with E-state index in [1.165, 1.54) is 0 Å². The maximum absolute atomic E-state index is 12.0. The zero-order chi connectivity index (χ0) is 14.7. The molecule has 0 spiro atoms. The first-order chi connectivity index (χ1) is 10.2. The van der Waals surface area contributed by atoms with Crippen LogP contribution >= 0.6 is 0 Å². The topological polar surface area (TPSA) is 76.7 Å². The number of amides is 2. The molecule has 2 amide bonds. The van der Waals surface area contributed by atoms with Gasteiger partial charge in [-0.25, -0.2) is 0 Å². The minimum atomic E-state index is -0.760. The van der Waals surface area contributed by atoms with Gasteiger partial charge in [0.05, 0.1) is 0 Å². The standard InChI is InChI=1S/C15H18N2O4/c18-14(10-5-1-2-6-10)16-17-15(19)13-9-20-11-7-3-4-8-12(11)21-13/h3-4,7-8,10,13H,1-2,5-6,9H2,(H,16,18)(H,17,19)/t13-/m0/s1. The minimum Gasteiger partial charge on any atom is -0.485 e. The molecule has 1 aliphatic heterocycles. The number of para-hydroxylation sites is 2. The Hall–Kier alpha value is -2.24. The Morgan fingerprint density at radius 1 is 1.00 bits per heavy atom. The van der Waals surface area contributed by atoms with Gasteiger partial charge in [-0.1, -0.05) is 25.0 Å². The molecule has 0 bridgehead atoms. The van der Waals surface area contributed by atoms with Crippen molar-refractivity contribution in [3.05, 3.63) is 24.3 Å². The lowest BCUT2D eigenvalue weighted by molar-refractivity contribution is -0.136. The number of fused-ring (bicyclic) bond motifs is 1. The number of benzene rings is 1. The first-order valence-electron chi connectivity index (χ1n) is 7.22. The Balaban J connectivity index is 1.51. The second-order valence-corrected chi connectivity index (χ2v) is 5.32. The zero-order valence-electron chi connectivity index (χ0n) is 11.6. The van der Waals surface area contributed by atoms with Gasteiger partial charge in [-0.2, -0.15) is 0 Å². The van der Waals surface area contributed by atoms with Gasteiger partial charge in [-0.15, -0.1) is 0 Å². The predicted octanol–water partition coefficient (Wildman–Crippen LogP) is 1.16. The largest absolute Gasteiger partial charge is 0.485 e. The molecule has 0 saturated heterocycles. The molecule has 0 unspecified atom stereocenters. The number of hydrogen-bond donors (Lipinski definition) is 2. The summed E-state index contributed by atoms with van der Waals surface area (Å²) in [5, 5.41) is 0. The first kappa shape index (κ1) is 13.7. The van der Waals surface area contributed by atoms with Crippen LogP contribution in [0, 0.1) is 5.92 Å². The van der Waals surface area contributed by atoms with E-state index in [0.717, 1.165) is 25.7 Å². The molecule has 6 nitrogen and oxygen atoms in total. The Morgan fingerprint density at radius 3 is 2.43 bits per heavy atom. The molecule has 6 heteroatoms. The number of rotatable bonds is 2. The summed E-state index contributed by atoms with van der Waals surface area (Å²) in [7, 11) is 0. The van der Waals surface area contributed by atoms with Crippen LogP contribution in [0.15, 0.2) is 24.3 Å². The number of carbonyl (C=O) groups is 2. The van der Waals surface area contributed by atoms with E-state index in [1.54, 1.807) is 12.1 Å². The van der Waals surface area contributed by atoms with Gasteiger partial charge < -0.3 is 9.47 Å². The average molecular weight is 290 g/mol. The molecule has 1 saturated carbocycles. The highest BCUT2D eigenvalue weighted by atomic mass is 16.6. The number of nitrogens with one attached hydrogen (secondary N) is 2. The van der Waals surface area contributed by atoms with Crippen LogP contribution in [0.5, 0.6) is 11.5 Å². The van der Waals surface area contributed by atoms with Gasteiger partial charge in [0.1, 0.15) is 6.61 Å². The third-order valence-corrected chi connectivity index (χ3v) is 3.84. The third-order valence-electron chi connectivity index (χ3n) is 3.84. The minimum absolute atomic E-state index is 0.00884. The lowest BCUT2D eigenvalue weighted by Crippen LogP contribution is -2.51. The highest BCUT2D eigenvalue weighted by Crippen LogP contribution is 2.30. The van der Waals surface area contributed by atoms with Crippen LogP contribution in [0.1, 0.15) is 25.7 Å². The second-order valence-electron chi connectivity index (χ2n) is 5.32. The molecular formula is C15H18N2O4. The van der Waals surface area contributed by atoms with Gasteiger partial charge in [0, 0.05) is 5.92 Å². The van der Waals surface area contributed by atoms with Gasteiger partial charge in [0.15, 0.2) is 11.5 Å². The molecule has 2 aliphatic rings. The number of hydrazine groups is 1. The van der Waals surface area contributed by atoms with Crippen molar-refractivity contribution in [1.29, 1.82) is 0 Å². The summed E-state index contributed by atoms with van der Waals surface area (Å²) in [5.74, 6) is 0.630. The Kier molecular flexibility index (Phi) is 3.94. The Morgan fingerprint density at radius 2 is 1.67 bits per heavy atom. The highest BCUT2D eigenvalue weighted by Gasteiger charge is 2.28. The SMILES string of the molecule is O=C(NNC(=O)[C@@H]1COc2ccccc2O1)C1CCCC1. The van der Waals surface area contributed by atoms with E-state index in [2.05, 4.69) is 10.9 Å². The van der Waals surface area contributed by atoms with Crippen molar-refractivity contribution in [2.45, 2.75) is 31.8 Å². The first-order valence-corrected chi connectivity index (χ1v) is 7.22. The summed E-state index contributed by atoms with van der Waals surface area (Å²) in [4.78, 5) is 23.8. The van der Waals surface area contributed by atoms with Crippen LogP contribution in [-0.2, 0) is 9.59 Å². The van der Waals surface area contributed by atoms with Crippen LogP contribution in [0.3, 0.4) is 0 Å². The van der Waals surface area contributed by atoms with Crippen LogP contribution < -0.4 is 20.3 Å². The molecule has 1 aliphatic carbocycles. The van der Waals surface area contributed by atoms with Crippen molar-refractivity contribution in [2.24, 2.45) is 5.92 Å². The molecule has 1 fully saturated rings. The molecular weight excluding hydrogens is 272 g/mol. The average Bonchev–Trinajstić information content (AvgIpc) is 3.06. The summed E-state index contributed by atoms with van der Waals surface area (Å²) in [5.41, 5.74) is 4.89. The Bertz CT molecular complexity index is 540. The van der Waals surface area contributed by atoms with Crippen molar-refractivity contribution in [3.8, 4) is 11.5 Å². The van der Waals surface area contributed by atoms with Crippen LogP contribution in [0.2, 0.25) is 0 Å². The van der Waals surface area contributed by atoms with Crippen LogP contribution in [-0.4, -0.2) is 24.5 Å². The fourth-order valence-corrected chi connectivity index (χ4v) is 2.64. The molecule has 0 radical (unpaired) electrons. The lowest BCUT2D eigenvalue weighted by atomic mass is 10.1. The van der Waals surface area contributed by atoms with E-state index in [1.807, 2.05) is 12.1 Å². The fourth-order valence-electron chi connectivity index (χ4n) is 2.64. The molecule has 2 N–H and O–H groups in total. The van der Waals surface area contributed by atoms with E-state index < -0.39 is 12.0 Å². The zero-order valence-corrected chi connectivity index (χ0v) is 11.6. The monoisotopic (exact) mass is 290 g/mol. The molecule has 0 aromatic heterocycles. The molecule has 1 atom stereocenters. The summed E-state index contributed by atoms with van der Waals surface area (Å²) < 4.78 is 11.0. The van der Waals surface area contributed by atoms with Gasteiger partial charge in [-0.05, 0) is 25.0 Å². The summed E-state index contributed by atoms with van der Waals surface area (Å²) >= 11 is 0. The number of hydrogen-bond acceptors (Lipinski definition) is 4. The summed E-state index contributed by atoms with van der Waals surface area (Å²) in [6, 6.07) is 7.17. The van der Waals surface area contributed by atoms with Gasteiger partial charge in [0.25, 0.3) is 5.91 Å². The molecule has 3 rings (SSSR count). The van der Waals surface area contributed by atoms with Gasteiger partial charge >= 0.3 is 0 Å². The summed E-state index contributed by atoms with van der Waals surface area (Å²) in [6.07, 6.45) is 3.16. The highest BCUT2D eigenvalue weighted by molar-refractivity contribution is 5.86. The van der Waals surface area contributed by atoms with E-state index in [4.69, 9.17) is 9.47 Å². The quantitative estimate of drug-likeness (QED) is 0.801. The third kappa shape index (κ3) is 3.09. The maximum Gasteiger partial charge on any atom is 0.283 e. The number of ether oxygens (including phenoxy) is 2. The van der Waals surface area contributed by atoms with Crippen molar-refractivity contribution in [1.82, 2.24) is 10.9 Å². The predicted molar refractivity (Wildman–Crippen MR) is 74.6 cm³/mol. The van der Waals surface area contributed by atoms with Crippen molar-refractivity contribution in [2.75, 3.05) is 6.61 Å². The van der Waals surface area contributed by atoms with Crippen molar-refractivity contribution in [3.63, 3.8) is 0 Å². The van der Waals surface area contributed by atoms with E-state index in [-0.39, 0.29) is 18.4 Å². The summed E-state index contributed by atoms with van der Waals surface area (Å²) in [6.45, 7) is 0.127. The van der Waals surface area contributed by atoms with Gasteiger partial charge in [0.2, 0.25) is 12.0 Å². The second kappa shape index (κ2) is 6.03. The normalized spacial score (nSPS) is 20.9. The van der Waals surface area contributed by atoms with Crippen molar-refractivity contribution >= 4 is 11.8 Å². The maximum atomic E-state index is 12.0. The molecule has 21 heavy (non-hydrogen) atoms. The van der Waals surface area contributed by atoms with E-state index >= 15 is 0 Å². The Labute approximate surface area is 122 Å². The molecule has 1 aromatic carbocycles. The van der Waals surface area contributed by atoms with E-state index in [9.17, 15) is 9.59 Å².